The van der Waals surface area contributed by atoms with Crippen molar-refractivity contribution in [1.29, 1.82) is 0 Å². The van der Waals surface area contributed by atoms with E-state index in [-0.39, 0.29) is 12.4 Å². The van der Waals surface area contributed by atoms with Crippen LogP contribution in [-0.4, -0.2) is 29.8 Å². The van der Waals surface area contributed by atoms with Crippen molar-refractivity contribution in [3.63, 3.8) is 0 Å². The van der Waals surface area contributed by atoms with Crippen LogP contribution in [0, 0.1) is 5.82 Å². The van der Waals surface area contributed by atoms with Crippen molar-refractivity contribution in [3.8, 4) is 0 Å². The Balaban J connectivity index is 2.64. The number of hydrogen-bond donors (Lipinski definition) is 1. The van der Waals surface area contributed by atoms with Gasteiger partial charge in [-0.25, -0.2) is 9.37 Å². The highest BCUT2D eigenvalue weighted by molar-refractivity contribution is 5.37. The minimum absolute atomic E-state index is 0.164. The molecule has 0 amide bonds. The maximum absolute atomic E-state index is 12.6. The summed E-state index contributed by atoms with van der Waals surface area (Å²) in [5.41, 5.74) is 0. The van der Waals surface area contributed by atoms with Crippen LogP contribution in [0.2, 0.25) is 0 Å². The van der Waals surface area contributed by atoms with Crippen LogP contribution in [0.5, 0.6) is 0 Å². The topological polar surface area (TPSA) is 36.4 Å². The lowest BCUT2D eigenvalue weighted by molar-refractivity contribution is 0.289. The van der Waals surface area contributed by atoms with Gasteiger partial charge in [-0.2, -0.15) is 0 Å². The van der Waals surface area contributed by atoms with Crippen molar-refractivity contribution >= 4 is 5.82 Å². The summed E-state index contributed by atoms with van der Waals surface area (Å²) in [5, 5.41) is 8.69. The third-order valence-electron chi connectivity index (χ3n) is 2.00. The molecule has 0 unspecified atom stereocenters. The predicted octanol–water partition coefficient (Wildman–Crippen LogP) is 1.43. The summed E-state index contributed by atoms with van der Waals surface area (Å²) in [6.07, 6.45) is 1.91. The van der Waals surface area contributed by atoms with Gasteiger partial charge in [-0.15, -0.1) is 0 Å². The number of rotatable bonds is 5. The molecule has 0 bridgehead atoms. The molecular weight excluding hydrogens is 183 g/mol. The average molecular weight is 198 g/mol. The molecule has 0 saturated heterocycles. The molecule has 0 spiro atoms. The van der Waals surface area contributed by atoms with Crippen LogP contribution < -0.4 is 4.90 Å². The van der Waals surface area contributed by atoms with Crippen LogP contribution in [0.1, 0.15) is 13.3 Å². The summed E-state index contributed by atoms with van der Waals surface area (Å²) < 4.78 is 12.6. The van der Waals surface area contributed by atoms with Crippen LogP contribution in [0.25, 0.3) is 0 Å². The quantitative estimate of drug-likeness (QED) is 0.777. The van der Waals surface area contributed by atoms with E-state index >= 15 is 0 Å². The van der Waals surface area contributed by atoms with E-state index in [9.17, 15) is 4.39 Å². The van der Waals surface area contributed by atoms with E-state index < -0.39 is 0 Å². The Hall–Kier alpha value is -1.16. The minimum atomic E-state index is -0.327. The Labute approximate surface area is 83.2 Å². The highest BCUT2D eigenvalue weighted by Crippen LogP contribution is 2.10. The molecule has 0 aliphatic carbocycles. The molecule has 0 aliphatic heterocycles. The van der Waals surface area contributed by atoms with E-state index in [4.69, 9.17) is 5.11 Å². The number of aromatic nitrogens is 1. The number of hydrogen-bond acceptors (Lipinski definition) is 3. The average Bonchev–Trinajstić information content (AvgIpc) is 2.21. The molecule has 0 saturated carbocycles. The van der Waals surface area contributed by atoms with Gasteiger partial charge in [0.15, 0.2) is 0 Å². The van der Waals surface area contributed by atoms with Crippen LogP contribution in [0.3, 0.4) is 0 Å². The summed E-state index contributed by atoms with van der Waals surface area (Å²) >= 11 is 0. The summed E-state index contributed by atoms with van der Waals surface area (Å²) in [7, 11) is 0. The molecule has 3 nitrogen and oxygen atoms in total. The third-order valence-corrected chi connectivity index (χ3v) is 2.00. The summed E-state index contributed by atoms with van der Waals surface area (Å²) in [4.78, 5) is 5.97. The van der Waals surface area contributed by atoms with Crippen molar-refractivity contribution in [2.45, 2.75) is 13.3 Å². The lowest BCUT2D eigenvalue weighted by Crippen LogP contribution is -2.25. The van der Waals surface area contributed by atoms with Crippen molar-refractivity contribution < 1.29 is 9.50 Å². The Morgan fingerprint density at radius 1 is 1.50 bits per heavy atom. The molecule has 78 valence electrons. The van der Waals surface area contributed by atoms with Crippen LogP contribution >= 0.6 is 0 Å². The zero-order valence-corrected chi connectivity index (χ0v) is 8.28. The van der Waals surface area contributed by atoms with E-state index in [1.165, 1.54) is 12.3 Å². The van der Waals surface area contributed by atoms with Crippen molar-refractivity contribution in [2.75, 3.05) is 24.6 Å². The number of aliphatic hydroxyl groups is 1. The van der Waals surface area contributed by atoms with Crippen molar-refractivity contribution in [1.82, 2.24) is 4.98 Å². The van der Waals surface area contributed by atoms with Gasteiger partial charge < -0.3 is 10.0 Å². The standard InChI is InChI=1S/C10H15FN2O/c1-2-13(6-3-7-14)10-5-4-9(11)8-12-10/h4-5,8,14H,2-3,6-7H2,1H3. The van der Waals surface area contributed by atoms with Gasteiger partial charge in [0.05, 0.1) is 6.20 Å². The molecule has 1 aromatic heterocycles. The smallest absolute Gasteiger partial charge is 0.141 e. The molecule has 0 aliphatic rings. The van der Waals surface area contributed by atoms with Gasteiger partial charge in [-0.1, -0.05) is 0 Å². The van der Waals surface area contributed by atoms with Gasteiger partial charge in [0, 0.05) is 19.7 Å². The first kappa shape index (κ1) is 10.9. The second-order valence-corrected chi connectivity index (χ2v) is 2.99. The fourth-order valence-electron chi connectivity index (χ4n) is 1.25. The van der Waals surface area contributed by atoms with Gasteiger partial charge in [0.25, 0.3) is 0 Å². The number of pyridine rings is 1. The molecule has 4 heteroatoms. The Kier molecular flexibility index (Phi) is 4.32. The first-order valence-electron chi connectivity index (χ1n) is 4.75. The summed E-state index contributed by atoms with van der Waals surface area (Å²) in [5.74, 6) is 0.425. The van der Waals surface area contributed by atoms with E-state index in [0.717, 1.165) is 18.9 Å². The first-order chi connectivity index (χ1) is 6.77. The largest absolute Gasteiger partial charge is 0.396 e. The van der Waals surface area contributed by atoms with Gasteiger partial charge in [0.2, 0.25) is 0 Å². The zero-order chi connectivity index (χ0) is 10.4. The highest BCUT2D eigenvalue weighted by atomic mass is 19.1. The molecule has 1 rings (SSSR count). The highest BCUT2D eigenvalue weighted by Gasteiger charge is 2.04. The number of nitrogens with zero attached hydrogens (tertiary/aromatic N) is 2. The SMILES string of the molecule is CCN(CCCO)c1ccc(F)cn1. The summed E-state index contributed by atoms with van der Waals surface area (Å²) in [6.45, 7) is 3.71. The fraction of sp³-hybridized carbons (Fsp3) is 0.500. The van der Waals surface area contributed by atoms with Gasteiger partial charge in [-0.05, 0) is 25.5 Å². The van der Waals surface area contributed by atoms with Gasteiger partial charge >= 0.3 is 0 Å². The molecule has 0 atom stereocenters. The van der Waals surface area contributed by atoms with Gasteiger partial charge in [-0.3, -0.25) is 0 Å². The van der Waals surface area contributed by atoms with Crippen LogP contribution in [-0.2, 0) is 0 Å². The fourth-order valence-corrected chi connectivity index (χ4v) is 1.25. The Bertz CT molecular complexity index is 263. The molecule has 0 aromatic carbocycles. The zero-order valence-electron chi connectivity index (χ0n) is 8.28. The Morgan fingerprint density at radius 2 is 2.29 bits per heavy atom. The minimum Gasteiger partial charge on any atom is -0.396 e. The van der Waals surface area contributed by atoms with Gasteiger partial charge in [0.1, 0.15) is 11.6 Å². The first-order valence-corrected chi connectivity index (χ1v) is 4.75. The van der Waals surface area contributed by atoms with Crippen LogP contribution in [0.15, 0.2) is 18.3 Å². The monoisotopic (exact) mass is 198 g/mol. The molecule has 1 N–H and O–H groups in total. The predicted molar refractivity (Wildman–Crippen MR) is 53.8 cm³/mol. The molecule has 1 heterocycles. The molecule has 0 radical (unpaired) electrons. The molecular formula is C10H15FN2O. The summed E-state index contributed by atoms with van der Waals surface area (Å²) in [6, 6.07) is 3.04. The number of aliphatic hydroxyl groups excluding tert-OH is 1. The third kappa shape index (κ3) is 2.96. The van der Waals surface area contributed by atoms with Crippen molar-refractivity contribution in [2.24, 2.45) is 0 Å². The second-order valence-electron chi connectivity index (χ2n) is 2.99. The van der Waals surface area contributed by atoms with E-state index in [1.807, 2.05) is 11.8 Å². The number of anilines is 1. The van der Waals surface area contributed by atoms with E-state index in [0.29, 0.717) is 6.42 Å². The lowest BCUT2D eigenvalue weighted by atomic mass is 10.3. The molecule has 1 aromatic rings. The normalized spacial score (nSPS) is 10.2. The number of halogens is 1. The maximum Gasteiger partial charge on any atom is 0.141 e. The molecule has 0 fully saturated rings. The second kappa shape index (κ2) is 5.54. The Morgan fingerprint density at radius 3 is 2.79 bits per heavy atom. The lowest BCUT2D eigenvalue weighted by Gasteiger charge is -2.21. The molecule has 14 heavy (non-hydrogen) atoms. The van der Waals surface area contributed by atoms with Crippen molar-refractivity contribution in [3.05, 3.63) is 24.1 Å². The van der Waals surface area contributed by atoms with Crippen LogP contribution in [0.4, 0.5) is 10.2 Å². The van der Waals surface area contributed by atoms with E-state index in [2.05, 4.69) is 4.98 Å². The maximum atomic E-state index is 12.6. The van der Waals surface area contributed by atoms with E-state index in [1.54, 1.807) is 6.07 Å².